The molecular weight excluding hydrogens is 182 g/mol. The van der Waals surface area contributed by atoms with E-state index in [9.17, 15) is 9.90 Å². The van der Waals surface area contributed by atoms with Crippen molar-refractivity contribution in [1.82, 2.24) is 14.1 Å². The molecule has 0 amide bonds. The van der Waals surface area contributed by atoms with E-state index in [1.165, 1.54) is 10.8 Å². The minimum absolute atomic E-state index is 0.115. The van der Waals surface area contributed by atoms with Crippen LogP contribution >= 0.6 is 0 Å². The molecule has 2 rings (SSSR count). The first kappa shape index (κ1) is 8.55. The van der Waals surface area contributed by atoms with Gasteiger partial charge in [-0.2, -0.15) is 0 Å². The summed E-state index contributed by atoms with van der Waals surface area (Å²) < 4.78 is 2.43. The van der Waals surface area contributed by atoms with Gasteiger partial charge < -0.3 is 5.11 Å². The second-order valence-corrected chi connectivity index (χ2v) is 2.90. The highest BCUT2D eigenvalue weighted by atomic mass is 16.3. The van der Waals surface area contributed by atoms with Gasteiger partial charge in [0.1, 0.15) is 5.82 Å². The van der Waals surface area contributed by atoms with Crippen LogP contribution in [0.3, 0.4) is 0 Å². The largest absolute Gasteiger partial charge is 0.493 e. The summed E-state index contributed by atoms with van der Waals surface area (Å²) in [6, 6.07) is 5.15. The maximum absolute atomic E-state index is 11.5. The smallest absolute Gasteiger partial charge is 0.336 e. The van der Waals surface area contributed by atoms with E-state index in [4.69, 9.17) is 0 Å². The number of hydrogen-bond acceptors (Lipinski definition) is 3. The van der Waals surface area contributed by atoms with Crippen LogP contribution < -0.4 is 5.69 Å². The van der Waals surface area contributed by atoms with Crippen molar-refractivity contribution in [2.45, 2.75) is 0 Å². The number of rotatable bonds is 1. The number of hydrogen-bond donors (Lipinski definition) is 1. The van der Waals surface area contributed by atoms with Gasteiger partial charge >= 0.3 is 5.69 Å². The molecule has 0 bridgehead atoms. The molecule has 0 aliphatic carbocycles. The zero-order valence-corrected chi connectivity index (χ0v) is 7.58. The van der Waals surface area contributed by atoms with Crippen LogP contribution in [0.25, 0.3) is 5.82 Å². The quantitative estimate of drug-likeness (QED) is 0.704. The molecule has 0 saturated heterocycles. The lowest BCUT2D eigenvalue weighted by molar-refractivity contribution is 0.439. The van der Waals surface area contributed by atoms with Crippen molar-refractivity contribution in [2.24, 2.45) is 7.05 Å². The Hall–Kier alpha value is -2.04. The second-order valence-electron chi connectivity index (χ2n) is 2.90. The Morgan fingerprint density at radius 3 is 2.71 bits per heavy atom. The lowest BCUT2D eigenvalue weighted by Crippen LogP contribution is -2.21. The number of aryl methyl sites for hydroxylation is 1. The molecule has 5 nitrogen and oxygen atoms in total. The molecule has 0 aliphatic rings. The maximum Gasteiger partial charge on any atom is 0.336 e. The summed E-state index contributed by atoms with van der Waals surface area (Å²) in [7, 11) is 1.57. The minimum atomic E-state index is -0.318. The highest BCUT2D eigenvalue weighted by molar-refractivity contribution is 5.27. The van der Waals surface area contributed by atoms with E-state index in [-0.39, 0.29) is 11.6 Å². The second kappa shape index (κ2) is 3.02. The van der Waals surface area contributed by atoms with Crippen LogP contribution in [0.1, 0.15) is 0 Å². The number of aromatic hydroxyl groups is 1. The van der Waals surface area contributed by atoms with Crippen LogP contribution in [0.2, 0.25) is 0 Å². The molecule has 2 aromatic heterocycles. The van der Waals surface area contributed by atoms with Gasteiger partial charge in [-0.15, -0.1) is 0 Å². The summed E-state index contributed by atoms with van der Waals surface area (Å²) in [5, 5.41) is 9.47. The van der Waals surface area contributed by atoms with E-state index < -0.39 is 0 Å². The molecule has 14 heavy (non-hydrogen) atoms. The Labute approximate surface area is 79.9 Å². The highest BCUT2D eigenvalue weighted by Crippen LogP contribution is 2.10. The van der Waals surface area contributed by atoms with Gasteiger partial charge in [0.2, 0.25) is 5.88 Å². The SMILES string of the molecule is Cn1cc(O)n(-c2ccccn2)c1=O. The molecule has 0 aliphatic heterocycles. The van der Waals surface area contributed by atoms with Gasteiger partial charge in [-0.05, 0) is 12.1 Å². The third-order valence-corrected chi connectivity index (χ3v) is 1.91. The van der Waals surface area contributed by atoms with E-state index >= 15 is 0 Å². The molecule has 2 aromatic rings. The minimum Gasteiger partial charge on any atom is -0.493 e. The topological polar surface area (TPSA) is 60.1 Å². The van der Waals surface area contributed by atoms with E-state index in [0.29, 0.717) is 5.82 Å². The van der Waals surface area contributed by atoms with Gasteiger partial charge in [-0.1, -0.05) is 6.07 Å². The predicted molar refractivity (Wildman–Crippen MR) is 50.5 cm³/mol. The fourth-order valence-corrected chi connectivity index (χ4v) is 1.24. The maximum atomic E-state index is 11.5. The average Bonchev–Trinajstić information content (AvgIpc) is 2.43. The molecule has 1 N–H and O–H groups in total. The van der Waals surface area contributed by atoms with Gasteiger partial charge in [-0.25, -0.2) is 14.3 Å². The van der Waals surface area contributed by atoms with E-state index in [0.717, 1.165) is 4.57 Å². The molecule has 72 valence electrons. The van der Waals surface area contributed by atoms with Crippen molar-refractivity contribution >= 4 is 0 Å². The van der Waals surface area contributed by atoms with E-state index in [2.05, 4.69) is 4.98 Å². The fraction of sp³-hybridized carbons (Fsp3) is 0.111. The first-order valence-electron chi connectivity index (χ1n) is 4.09. The summed E-state index contributed by atoms with van der Waals surface area (Å²) in [6.07, 6.45) is 2.91. The standard InChI is InChI=1S/C9H9N3O2/c1-11-6-8(13)12(9(11)14)7-4-2-3-5-10-7/h2-6,13H,1H3. The number of pyridine rings is 1. The predicted octanol–water partition coefficient (Wildman–Crippen LogP) is 0.277. The summed E-state index contributed by atoms with van der Waals surface area (Å²) in [4.78, 5) is 15.5. The normalized spacial score (nSPS) is 10.4. The van der Waals surface area contributed by atoms with Crippen LogP contribution in [0.15, 0.2) is 35.4 Å². The molecule has 0 spiro atoms. The lowest BCUT2D eigenvalue weighted by atomic mass is 10.4. The summed E-state index contributed by atoms with van der Waals surface area (Å²) >= 11 is 0. The van der Waals surface area contributed by atoms with Gasteiger partial charge in [0.25, 0.3) is 0 Å². The molecule has 0 saturated carbocycles. The monoisotopic (exact) mass is 191 g/mol. The van der Waals surface area contributed by atoms with Crippen molar-refractivity contribution in [3.63, 3.8) is 0 Å². The Balaban J connectivity index is 2.69. The van der Waals surface area contributed by atoms with E-state index in [1.54, 1.807) is 31.4 Å². The Kier molecular flexibility index (Phi) is 1.85. The zero-order chi connectivity index (χ0) is 10.1. The van der Waals surface area contributed by atoms with Crippen molar-refractivity contribution in [3.05, 3.63) is 41.1 Å². The van der Waals surface area contributed by atoms with Crippen molar-refractivity contribution < 1.29 is 5.11 Å². The Morgan fingerprint density at radius 2 is 2.21 bits per heavy atom. The first-order chi connectivity index (χ1) is 6.70. The van der Waals surface area contributed by atoms with Gasteiger partial charge in [0.05, 0.1) is 6.20 Å². The third-order valence-electron chi connectivity index (χ3n) is 1.91. The van der Waals surface area contributed by atoms with Crippen LogP contribution in [0.4, 0.5) is 0 Å². The molecule has 0 aromatic carbocycles. The van der Waals surface area contributed by atoms with Gasteiger partial charge in [0, 0.05) is 13.2 Å². The molecule has 2 heterocycles. The zero-order valence-electron chi connectivity index (χ0n) is 7.58. The van der Waals surface area contributed by atoms with Gasteiger partial charge in [-0.3, -0.25) is 4.57 Å². The first-order valence-corrected chi connectivity index (χ1v) is 4.09. The molecule has 0 unspecified atom stereocenters. The molecule has 5 heteroatoms. The Bertz CT molecular complexity index is 499. The van der Waals surface area contributed by atoms with Crippen molar-refractivity contribution in [1.29, 1.82) is 0 Å². The van der Waals surface area contributed by atoms with Crippen LogP contribution in [0.5, 0.6) is 5.88 Å². The van der Waals surface area contributed by atoms with E-state index in [1.807, 2.05) is 0 Å². The van der Waals surface area contributed by atoms with Crippen LogP contribution in [-0.4, -0.2) is 19.2 Å². The molecule has 0 radical (unpaired) electrons. The molecular formula is C9H9N3O2. The van der Waals surface area contributed by atoms with Crippen molar-refractivity contribution in [2.75, 3.05) is 0 Å². The number of imidazole rings is 1. The lowest BCUT2D eigenvalue weighted by Gasteiger charge is -1.99. The summed E-state index contributed by atoms with van der Waals surface area (Å²) in [5.41, 5.74) is -0.318. The summed E-state index contributed by atoms with van der Waals surface area (Å²) in [6.45, 7) is 0. The Morgan fingerprint density at radius 1 is 1.43 bits per heavy atom. The highest BCUT2D eigenvalue weighted by Gasteiger charge is 2.09. The molecule has 0 atom stereocenters. The fourth-order valence-electron chi connectivity index (χ4n) is 1.24. The van der Waals surface area contributed by atoms with Crippen LogP contribution in [-0.2, 0) is 7.05 Å². The number of nitrogens with zero attached hydrogens (tertiary/aromatic N) is 3. The number of aromatic nitrogens is 3. The average molecular weight is 191 g/mol. The van der Waals surface area contributed by atoms with Gasteiger partial charge in [0.15, 0.2) is 0 Å². The molecule has 0 fully saturated rings. The van der Waals surface area contributed by atoms with Crippen molar-refractivity contribution in [3.8, 4) is 11.7 Å². The third kappa shape index (κ3) is 1.19. The van der Waals surface area contributed by atoms with Crippen LogP contribution in [0, 0.1) is 0 Å². The summed E-state index contributed by atoms with van der Waals surface area (Å²) in [5.74, 6) is 0.298.